The van der Waals surface area contributed by atoms with Crippen molar-refractivity contribution in [2.24, 2.45) is 7.05 Å². The fraction of sp³-hybridized carbons (Fsp3) is 0.786. The molecule has 1 aromatic rings. The number of alkyl carbamates (subject to hydrolysis) is 1. The molecule has 1 aliphatic carbocycles. The summed E-state index contributed by atoms with van der Waals surface area (Å²) in [4.78, 5) is 15.9. The first kappa shape index (κ1) is 15.8. The molecule has 1 atom stereocenters. The van der Waals surface area contributed by atoms with Crippen LogP contribution in [0.15, 0.2) is 6.33 Å². The molecule has 0 aliphatic heterocycles. The van der Waals surface area contributed by atoms with Gasteiger partial charge in [0.25, 0.3) is 0 Å². The number of nitrogens with one attached hydrogen (secondary N) is 2. The summed E-state index contributed by atoms with van der Waals surface area (Å²) >= 11 is 0. The molecule has 0 aromatic carbocycles. The van der Waals surface area contributed by atoms with Crippen molar-refractivity contribution in [3.05, 3.63) is 12.2 Å². The molecule has 21 heavy (non-hydrogen) atoms. The first-order valence-electron chi connectivity index (χ1n) is 7.34. The highest BCUT2D eigenvalue weighted by atomic mass is 16.6. The Morgan fingerprint density at radius 3 is 2.62 bits per heavy atom. The molecule has 1 aromatic heterocycles. The van der Waals surface area contributed by atoms with E-state index in [4.69, 9.17) is 4.74 Å². The number of ether oxygens (including phenoxy) is 1. The zero-order valence-electron chi connectivity index (χ0n) is 13.4. The van der Waals surface area contributed by atoms with E-state index in [1.807, 2.05) is 34.7 Å². The van der Waals surface area contributed by atoms with Gasteiger partial charge in [0.15, 0.2) is 5.82 Å². The monoisotopic (exact) mass is 295 g/mol. The van der Waals surface area contributed by atoms with Crippen LogP contribution < -0.4 is 10.6 Å². The molecular weight excluding hydrogens is 270 g/mol. The van der Waals surface area contributed by atoms with E-state index < -0.39 is 5.60 Å². The van der Waals surface area contributed by atoms with Crippen LogP contribution in [0.3, 0.4) is 0 Å². The van der Waals surface area contributed by atoms with Gasteiger partial charge in [-0.2, -0.15) is 5.10 Å². The van der Waals surface area contributed by atoms with Gasteiger partial charge in [-0.3, -0.25) is 4.68 Å². The fourth-order valence-electron chi connectivity index (χ4n) is 2.33. The maximum Gasteiger partial charge on any atom is 0.407 e. The van der Waals surface area contributed by atoms with E-state index in [1.165, 1.54) is 0 Å². The van der Waals surface area contributed by atoms with Gasteiger partial charge in [-0.05, 0) is 40.5 Å². The molecule has 1 unspecified atom stereocenters. The number of carbonyl (C=O) groups excluding carboxylic acids is 1. The molecule has 118 valence electrons. The molecule has 1 fully saturated rings. The summed E-state index contributed by atoms with van der Waals surface area (Å²) in [6.45, 7) is 7.63. The minimum Gasteiger partial charge on any atom is -0.444 e. The lowest BCUT2D eigenvalue weighted by Gasteiger charge is -2.37. The SMILES string of the molecule is CC(NC1CC(NC(=O)OC(C)(C)C)C1)c1ncn(C)n1. The zero-order chi connectivity index (χ0) is 15.6. The summed E-state index contributed by atoms with van der Waals surface area (Å²) in [6.07, 6.45) is 3.15. The molecule has 2 rings (SSSR count). The zero-order valence-corrected chi connectivity index (χ0v) is 13.4. The highest BCUT2D eigenvalue weighted by Gasteiger charge is 2.32. The van der Waals surface area contributed by atoms with Crippen LogP contribution in [-0.2, 0) is 11.8 Å². The van der Waals surface area contributed by atoms with Crippen LogP contribution in [0.25, 0.3) is 0 Å². The second-order valence-corrected chi connectivity index (χ2v) is 6.68. The van der Waals surface area contributed by atoms with E-state index in [0.717, 1.165) is 18.7 Å². The van der Waals surface area contributed by atoms with Crippen LogP contribution in [0.4, 0.5) is 4.79 Å². The van der Waals surface area contributed by atoms with Gasteiger partial charge in [-0.15, -0.1) is 0 Å². The number of aryl methyl sites for hydroxylation is 1. The Kier molecular flexibility index (Phi) is 4.51. The molecule has 0 radical (unpaired) electrons. The van der Waals surface area contributed by atoms with Gasteiger partial charge >= 0.3 is 6.09 Å². The summed E-state index contributed by atoms with van der Waals surface area (Å²) in [7, 11) is 1.85. The molecule has 7 nitrogen and oxygen atoms in total. The highest BCUT2D eigenvalue weighted by molar-refractivity contribution is 5.68. The summed E-state index contributed by atoms with van der Waals surface area (Å²) in [6, 6.07) is 0.670. The molecule has 1 aliphatic rings. The van der Waals surface area contributed by atoms with Crippen LogP contribution >= 0.6 is 0 Å². The predicted molar refractivity (Wildman–Crippen MR) is 78.7 cm³/mol. The van der Waals surface area contributed by atoms with Crippen LogP contribution in [-0.4, -0.2) is 38.5 Å². The predicted octanol–water partition coefficient (Wildman–Crippen LogP) is 1.52. The minimum atomic E-state index is -0.454. The van der Waals surface area contributed by atoms with Crippen molar-refractivity contribution >= 4 is 6.09 Å². The third-order valence-corrected chi connectivity index (χ3v) is 3.35. The molecule has 0 bridgehead atoms. The Morgan fingerprint density at radius 2 is 2.10 bits per heavy atom. The lowest BCUT2D eigenvalue weighted by molar-refractivity contribution is 0.0463. The fourth-order valence-corrected chi connectivity index (χ4v) is 2.33. The van der Waals surface area contributed by atoms with Gasteiger partial charge in [-0.25, -0.2) is 9.78 Å². The van der Waals surface area contributed by atoms with Gasteiger partial charge in [0, 0.05) is 19.1 Å². The van der Waals surface area contributed by atoms with Gasteiger partial charge in [0.1, 0.15) is 11.9 Å². The molecular formula is C14H25N5O2. The Morgan fingerprint density at radius 1 is 1.43 bits per heavy atom. The Balaban J connectivity index is 1.68. The van der Waals surface area contributed by atoms with E-state index in [9.17, 15) is 4.79 Å². The van der Waals surface area contributed by atoms with E-state index in [2.05, 4.69) is 20.7 Å². The standard InChI is InChI=1S/C14H25N5O2/c1-9(12-15-8-19(5)18-12)16-10-6-11(7-10)17-13(20)21-14(2,3)4/h8-11,16H,6-7H2,1-5H3,(H,17,20). The maximum absolute atomic E-state index is 11.6. The number of hydrogen-bond acceptors (Lipinski definition) is 5. The normalized spacial score (nSPS) is 23.3. The lowest BCUT2D eigenvalue weighted by atomic mass is 9.86. The van der Waals surface area contributed by atoms with Crippen LogP contribution in [0.2, 0.25) is 0 Å². The van der Waals surface area contributed by atoms with Crippen molar-refractivity contribution in [3.63, 3.8) is 0 Å². The molecule has 1 saturated carbocycles. The van der Waals surface area contributed by atoms with Crippen LogP contribution in [0.1, 0.15) is 52.4 Å². The van der Waals surface area contributed by atoms with Gasteiger partial charge < -0.3 is 15.4 Å². The van der Waals surface area contributed by atoms with E-state index in [-0.39, 0.29) is 18.2 Å². The largest absolute Gasteiger partial charge is 0.444 e. The first-order valence-corrected chi connectivity index (χ1v) is 7.34. The summed E-state index contributed by atoms with van der Waals surface area (Å²) in [5.74, 6) is 0.793. The van der Waals surface area contributed by atoms with Crippen LogP contribution in [0.5, 0.6) is 0 Å². The van der Waals surface area contributed by atoms with Crippen molar-refractivity contribution in [1.29, 1.82) is 0 Å². The molecule has 0 spiro atoms. The number of aromatic nitrogens is 3. The topological polar surface area (TPSA) is 81.1 Å². The Labute approximate surface area is 125 Å². The number of rotatable bonds is 4. The van der Waals surface area contributed by atoms with Crippen molar-refractivity contribution < 1.29 is 9.53 Å². The molecule has 0 saturated heterocycles. The molecule has 1 amide bonds. The Bertz CT molecular complexity index is 488. The van der Waals surface area contributed by atoms with Crippen molar-refractivity contribution in [1.82, 2.24) is 25.4 Å². The minimum absolute atomic E-state index is 0.110. The van der Waals surface area contributed by atoms with Crippen LogP contribution in [0, 0.1) is 0 Å². The van der Waals surface area contributed by atoms with Crippen molar-refractivity contribution in [2.75, 3.05) is 0 Å². The maximum atomic E-state index is 11.6. The summed E-state index contributed by atoms with van der Waals surface area (Å²) < 4.78 is 6.93. The van der Waals surface area contributed by atoms with E-state index >= 15 is 0 Å². The number of carbonyl (C=O) groups is 1. The number of amides is 1. The second kappa shape index (κ2) is 6.01. The second-order valence-electron chi connectivity index (χ2n) is 6.68. The third kappa shape index (κ3) is 4.70. The number of nitrogens with zero attached hydrogens (tertiary/aromatic N) is 3. The van der Waals surface area contributed by atoms with Crippen molar-refractivity contribution in [3.8, 4) is 0 Å². The lowest BCUT2D eigenvalue weighted by Crippen LogP contribution is -2.53. The van der Waals surface area contributed by atoms with Gasteiger partial charge in [0.2, 0.25) is 0 Å². The summed E-state index contributed by atoms with van der Waals surface area (Å²) in [5.41, 5.74) is -0.454. The number of hydrogen-bond donors (Lipinski definition) is 2. The summed E-state index contributed by atoms with van der Waals surface area (Å²) in [5, 5.41) is 10.6. The molecule has 1 heterocycles. The first-order chi connectivity index (χ1) is 9.73. The van der Waals surface area contributed by atoms with E-state index in [0.29, 0.717) is 6.04 Å². The van der Waals surface area contributed by atoms with Gasteiger partial charge in [0.05, 0.1) is 6.04 Å². The highest BCUT2D eigenvalue weighted by Crippen LogP contribution is 2.23. The average Bonchev–Trinajstić information content (AvgIpc) is 2.70. The molecule has 7 heteroatoms. The Hall–Kier alpha value is -1.63. The van der Waals surface area contributed by atoms with Gasteiger partial charge in [-0.1, -0.05) is 0 Å². The average molecular weight is 295 g/mol. The van der Waals surface area contributed by atoms with E-state index in [1.54, 1.807) is 11.0 Å². The quantitative estimate of drug-likeness (QED) is 0.880. The third-order valence-electron chi connectivity index (χ3n) is 3.35. The smallest absolute Gasteiger partial charge is 0.407 e. The van der Waals surface area contributed by atoms with Crippen molar-refractivity contribution in [2.45, 2.75) is 64.3 Å². The molecule has 2 N–H and O–H groups in total.